The molecule has 2 atom stereocenters. The van der Waals surface area contributed by atoms with Gasteiger partial charge >= 0.3 is 6.09 Å². The number of anilines is 1. The van der Waals surface area contributed by atoms with Gasteiger partial charge in [-0.25, -0.2) is 31.4 Å². The molecule has 3 heterocycles. The fourth-order valence-electron chi connectivity index (χ4n) is 4.62. The molecule has 11 nitrogen and oxygen atoms in total. The van der Waals surface area contributed by atoms with Crippen LogP contribution in [-0.4, -0.2) is 75.2 Å². The maximum Gasteiger partial charge on any atom is 0.407 e. The smallest absolute Gasteiger partial charge is 0.407 e. The number of hydrogen-bond acceptors (Lipinski definition) is 8. The monoisotopic (exact) mass is 541 g/mol. The van der Waals surface area contributed by atoms with Gasteiger partial charge in [-0.2, -0.15) is 5.10 Å². The van der Waals surface area contributed by atoms with Crippen molar-refractivity contribution in [2.75, 3.05) is 18.0 Å². The summed E-state index contributed by atoms with van der Waals surface area (Å²) in [5.41, 5.74) is 0.421. The summed E-state index contributed by atoms with van der Waals surface area (Å²) in [6, 6.07) is 2.31. The minimum absolute atomic E-state index is 0.000515. The van der Waals surface area contributed by atoms with Crippen LogP contribution in [0.25, 0.3) is 16.0 Å². The summed E-state index contributed by atoms with van der Waals surface area (Å²) in [5.74, 6) is 0. The second-order valence-corrected chi connectivity index (χ2v) is 12.3. The molecule has 1 aromatic carbocycles. The van der Waals surface area contributed by atoms with Crippen molar-refractivity contribution in [3.8, 4) is 5.13 Å². The lowest BCUT2D eigenvalue weighted by molar-refractivity contribution is 0.0983. The van der Waals surface area contributed by atoms with Gasteiger partial charge in [-0.1, -0.05) is 11.3 Å². The molecule has 194 valence electrons. The Bertz CT molecular complexity index is 1430. The third-order valence-electron chi connectivity index (χ3n) is 6.61. The number of benzene rings is 1. The first kappa shape index (κ1) is 24.8. The van der Waals surface area contributed by atoms with Crippen molar-refractivity contribution in [2.24, 2.45) is 0 Å². The molecule has 1 aliphatic carbocycles. The number of amides is 1. The van der Waals surface area contributed by atoms with E-state index >= 15 is 0 Å². The van der Waals surface area contributed by atoms with Gasteiger partial charge < -0.3 is 10.0 Å². The van der Waals surface area contributed by atoms with Crippen LogP contribution in [0.2, 0.25) is 0 Å². The van der Waals surface area contributed by atoms with Crippen LogP contribution in [-0.2, 0) is 10.0 Å². The first-order chi connectivity index (χ1) is 16.9. The van der Waals surface area contributed by atoms with E-state index in [-0.39, 0.29) is 22.1 Å². The molecular weight excluding hydrogens is 516 g/mol. The van der Waals surface area contributed by atoms with Gasteiger partial charge in [0.1, 0.15) is 0 Å². The third kappa shape index (κ3) is 4.39. The molecule has 1 saturated carbocycles. The maximum absolute atomic E-state index is 13.3. The van der Waals surface area contributed by atoms with Crippen molar-refractivity contribution in [3.05, 3.63) is 23.3 Å². The topological polar surface area (TPSA) is 134 Å². The Morgan fingerprint density at radius 2 is 1.89 bits per heavy atom. The molecule has 1 aliphatic heterocycles. The summed E-state index contributed by atoms with van der Waals surface area (Å²) in [5, 5.41) is 21.5. The summed E-state index contributed by atoms with van der Waals surface area (Å²) in [6.07, 6.45) is -0.823. The Labute approximate surface area is 209 Å². The van der Waals surface area contributed by atoms with E-state index in [0.717, 1.165) is 12.8 Å². The van der Waals surface area contributed by atoms with Crippen LogP contribution in [0.4, 0.5) is 19.3 Å². The van der Waals surface area contributed by atoms with E-state index in [0.29, 0.717) is 41.0 Å². The number of halogens is 2. The quantitative estimate of drug-likeness (QED) is 0.486. The van der Waals surface area contributed by atoms with Crippen LogP contribution in [0.5, 0.6) is 0 Å². The molecule has 2 N–H and O–H groups in total. The number of nitrogens with zero attached hydrogens (tertiary/aromatic N) is 6. The molecule has 2 fully saturated rings. The first-order valence-corrected chi connectivity index (χ1v) is 13.6. The zero-order valence-corrected chi connectivity index (χ0v) is 21.4. The van der Waals surface area contributed by atoms with Gasteiger partial charge in [0.05, 0.1) is 28.7 Å². The average molecular weight is 542 g/mol. The molecule has 2 unspecified atom stereocenters. The Morgan fingerprint density at radius 1 is 1.22 bits per heavy atom. The van der Waals surface area contributed by atoms with E-state index in [1.807, 2.05) is 11.8 Å². The molecule has 0 bridgehead atoms. The number of carbonyl (C=O) groups is 1. The summed E-state index contributed by atoms with van der Waals surface area (Å²) >= 11 is 0.670. The fourth-order valence-corrected chi connectivity index (χ4v) is 6.80. The number of alkyl halides is 2. The number of hydrogen-bond donors (Lipinski definition) is 2. The zero-order chi connectivity index (χ0) is 26.0. The molecule has 0 radical (unpaired) electrons. The van der Waals surface area contributed by atoms with Crippen molar-refractivity contribution in [1.82, 2.24) is 29.6 Å². The largest absolute Gasteiger partial charge is 0.465 e. The minimum Gasteiger partial charge on any atom is -0.465 e. The molecule has 1 amide bonds. The standard InChI is InChI=1S/C21H25F2N7O4S2/c1-11-9-28(10-12(2)29(11)20(31)32)15-6-13(36(33,34)27-21(3)4-5-21)7-16-14(15)8-24-30(16)19-26-25-18(35-19)17(22)23/h6-8,11-12,17,27H,4-5,9-10H2,1-3H3,(H,31,32). The predicted molar refractivity (Wildman–Crippen MR) is 128 cm³/mol. The Balaban J connectivity index is 1.64. The van der Waals surface area contributed by atoms with Crippen molar-refractivity contribution in [3.63, 3.8) is 0 Å². The van der Waals surface area contributed by atoms with Crippen LogP contribution < -0.4 is 9.62 Å². The fraction of sp³-hybridized carbons (Fsp3) is 0.524. The lowest BCUT2D eigenvalue weighted by atomic mass is 10.1. The maximum atomic E-state index is 13.3. The van der Waals surface area contributed by atoms with Crippen LogP contribution in [0, 0.1) is 0 Å². The number of sulfonamides is 1. The van der Waals surface area contributed by atoms with Gasteiger partial charge in [0.2, 0.25) is 15.2 Å². The van der Waals surface area contributed by atoms with E-state index in [9.17, 15) is 27.1 Å². The van der Waals surface area contributed by atoms with E-state index in [1.165, 1.54) is 21.8 Å². The van der Waals surface area contributed by atoms with Crippen LogP contribution in [0.1, 0.15) is 45.0 Å². The SMILES string of the molecule is CC1CN(c2cc(S(=O)(=O)NC3(C)CC3)cc3c2cnn3-c2nnc(C(F)F)s2)CC(C)N1C(=O)O. The van der Waals surface area contributed by atoms with Gasteiger partial charge in [-0.3, -0.25) is 4.90 Å². The molecule has 5 rings (SSSR count). The number of fused-ring (bicyclic) bond motifs is 1. The van der Waals surface area contributed by atoms with Gasteiger partial charge in [0.25, 0.3) is 6.43 Å². The van der Waals surface area contributed by atoms with Crippen LogP contribution in [0.3, 0.4) is 0 Å². The number of piperazine rings is 1. The molecular formula is C21H25F2N7O4S2. The van der Waals surface area contributed by atoms with Gasteiger partial charge in [-0.15, -0.1) is 10.2 Å². The first-order valence-electron chi connectivity index (χ1n) is 11.3. The third-order valence-corrected chi connectivity index (χ3v) is 9.13. The number of rotatable bonds is 6. The lowest BCUT2D eigenvalue weighted by Gasteiger charge is -2.44. The Kier molecular flexibility index (Phi) is 5.91. The molecule has 15 heteroatoms. The Morgan fingerprint density at radius 3 is 2.44 bits per heavy atom. The van der Waals surface area contributed by atoms with Crippen LogP contribution in [0.15, 0.2) is 23.2 Å². The summed E-state index contributed by atoms with van der Waals surface area (Å²) in [6.45, 7) is 6.08. The molecule has 36 heavy (non-hydrogen) atoms. The van der Waals surface area contributed by atoms with Gasteiger partial charge in [0.15, 0.2) is 5.01 Å². The van der Waals surface area contributed by atoms with E-state index in [2.05, 4.69) is 20.0 Å². The number of carboxylic acid groups (broad SMARTS) is 1. The van der Waals surface area contributed by atoms with Crippen molar-refractivity contribution < 1.29 is 27.1 Å². The highest BCUT2D eigenvalue weighted by molar-refractivity contribution is 7.89. The van der Waals surface area contributed by atoms with E-state index in [4.69, 9.17) is 0 Å². The highest BCUT2D eigenvalue weighted by Gasteiger charge is 2.42. The number of nitrogens with one attached hydrogen (secondary N) is 1. The molecule has 3 aromatic rings. The predicted octanol–water partition coefficient (Wildman–Crippen LogP) is 3.22. The normalized spacial score (nSPS) is 21.9. The highest BCUT2D eigenvalue weighted by atomic mass is 32.2. The van der Waals surface area contributed by atoms with Gasteiger partial charge in [-0.05, 0) is 45.7 Å². The zero-order valence-electron chi connectivity index (χ0n) is 19.7. The van der Waals surface area contributed by atoms with Crippen LogP contribution >= 0.6 is 11.3 Å². The summed E-state index contributed by atoms with van der Waals surface area (Å²) < 4.78 is 57.0. The van der Waals surface area contributed by atoms with E-state index < -0.39 is 33.1 Å². The second kappa shape index (κ2) is 8.59. The summed E-state index contributed by atoms with van der Waals surface area (Å²) in [7, 11) is -3.92. The molecule has 2 aliphatic rings. The molecule has 0 spiro atoms. The Hall–Kier alpha value is -2.91. The average Bonchev–Trinajstić information content (AvgIpc) is 3.16. The lowest BCUT2D eigenvalue weighted by Crippen LogP contribution is -2.58. The van der Waals surface area contributed by atoms with E-state index in [1.54, 1.807) is 19.9 Å². The molecule has 2 aromatic heterocycles. The second-order valence-electron chi connectivity index (χ2n) is 9.61. The highest BCUT2D eigenvalue weighted by Crippen LogP contribution is 2.38. The van der Waals surface area contributed by atoms with Crippen molar-refractivity contribution in [1.29, 1.82) is 0 Å². The number of aromatic nitrogens is 4. The summed E-state index contributed by atoms with van der Waals surface area (Å²) in [4.78, 5) is 15.0. The van der Waals surface area contributed by atoms with Crippen molar-refractivity contribution in [2.45, 2.75) is 62.6 Å². The van der Waals surface area contributed by atoms with Gasteiger partial charge in [0, 0.05) is 29.7 Å². The molecule has 1 saturated heterocycles. The van der Waals surface area contributed by atoms with Crippen molar-refractivity contribution >= 4 is 44.0 Å². The minimum atomic E-state index is -3.92.